The lowest BCUT2D eigenvalue weighted by molar-refractivity contribution is -0.143. The number of carbonyl (C=O) groups excluding carboxylic acids is 2. The number of benzene rings is 2. The van der Waals surface area contributed by atoms with Crippen LogP contribution in [0.3, 0.4) is 0 Å². The molecule has 392 valence electrons. The number of nitrogens with zero attached hydrogens (tertiary/aromatic N) is 7. The van der Waals surface area contributed by atoms with Crippen molar-refractivity contribution < 1.29 is 70.3 Å². The highest BCUT2D eigenvalue weighted by Crippen LogP contribution is 2.68. The van der Waals surface area contributed by atoms with Crippen LogP contribution in [0.15, 0.2) is 42.5 Å². The van der Waals surface area contributed by atoms with Gasteiger partial charge in [0.15, 0.2) is 21.3 Å². The average Bonchev–Trinajstić information content (AvgIpc) is 3.47. The minimum Gasteiger partial charge on any atom is -0.346 e. The summed E-state index contributed by atoms with van der Waals surface area (Å²) in [6.07, 6.45) is -8.93. The number of anilines is 1. The van der Waals surface area contributed by atoms with E-state index in [1.54, 1.807) is 0 Å². The van der Waals surface area contributed by atoms with E-state index in [1.165, 1.54) is 30.9 Å². The van der Waals surface area contributed by atoms with Crippen molar-refractivity contribution in [1.29, 1.82) is 0 Å². The summed E-state index contributed by atoms with van der Waals surface area (Å²) in [5, 5.41) is 8.94. The number of sulfone groups is 1. The summed E-state index contributed by atoms with van der Waals surface area (Å²) in [7, 11) is -8.65. The number of sulfonamides is 1. The van der Waals surface area contributed by atoms with Gasteiger partial charge in [-0.1, -0.05) is 23.6 Å². The fraction of sp³-hybridized carbons (Fsp3) is 0.444. The largest absolute Gasteiger partial charge is 0.435 e. The average molecular weight is 1110 g/mol. The topological polar surface area (TPSA) is 169 Å². The Hall–Kier alpha value is -5.59. The van der Waals surface area contributed by atoms with Crippen LogP contribution in [0.1, 0.15) is 79.0 Å². The molecule has 2 aromatic carbocycles. The van der Waals surface area contributed by atoms with Gasteiger partial charge in [-0.05, 0) is 87.3 Å². The molecule has 1 saturated carbocycles. The number of aromatic nitrogens is 5. The quantitative estimate of drug-likeness (QED) is 0.0706. The Morgan fingerprint density at radius 2 is 1.63 bits per heavy atom. The third-order valence-electron chi connectivity index (χ3n) is 12.8. The molecule has 73 heavy (non-hydrogen) atoms. The number of thiol groups is 1. The predicted octanol–water partition coefficient (Wildman–Crippen LogP) is 8.57. The van der Waals surface area contributed by atoms with Crippen molar-refractivity contribution in [3.05, 3.63) is 93.0 Å². The van der Waals surface area contributed by atoms with E-state index in [0.29, 0.717) is 29.8 Å². The van der Waals surface area contributed by atoms with Gasteiger partial charge in [0.1, 0.15) is 40.9 Å². The fourth-order valence-electron chi connectivity index (χ4n) is 9.18. The van der Waals surface area contributed by atoms with E-state index in [4.69, 9.17) is 11.6 Å². The molecule has 2 aliphatic carbocycles. The second-order valence-corrected chi connectivity index (χ2v) is 23.7. The van der Waals surface area contributed by atoms with Crippen LogP contribution in [-0.4, -0.2) is 100.0 Å². The number of halogens is 11. The summed E-state index contributed by atoms with van der Waals surface area (Å²) in [5.74, 6) is -5.73. The standard InChI is InChI=1S/C45H41ClF10N8O6S3/c1-42(2,72(3,67)68)12-11-25-7-8-27(28-9-10-31(46)35-37(28)63(21-43(49,50)51)60-40(35)64(73(4,69)70)41(66)61-13-5-6-26(61)20-71)36(57-25)32(16-22-14-23(47)17-24(48)15-22)58-33(65)19-62-39-34(38(59-62)45(54,55)56)29-18-30(29)44(39,52)53/h7-10,14-15,17,26,29-30,32,71H,5-6,13,16,18-21H2,1-4H3,(H,58,65)/t26?,29-,30+,32-/m0/s1. The van der Waals surface area contributed by atoms with Crippen LogP contribution < -0.4 is 9.62 Å². The summed E-state index contributed by atoms with van der Waals surface area (Å²) in [5.41, 5.74) is -5.67. The number of fused-ring (bicyclic) bond motifs is 4. The molecule has 0 spiro atoms. The van der Waals surface area contributed by atoms with E-state index in [0.717, 1.165) is 30.5 Å². The molecule has 0 bridgehead atoms. The zero-order valence-corrected chi connectivity index (χ0v) is 41.8. The summed E-state index contributed by atoms with van der Waals surface area (Å²) in [6, 6.07) is 3.20. The second kappa shape index (κ2) is 18.7. The number of amides is 3. The molecule has 14 nitrogen and oxygen atoms in total. The Morgan fingerprint density at radius 3 is 2.23 bits per heavy atom. The fourth-order valence-corrected chi connectivity index (χ4v) is 10.9. The predicted molar refractivity (Wildman–Crippen MR) is 249 cm³/mol. The van der Waals surface area contributed by atoms with E-state index >= 15 is 8.78 Å². The van der Waals surface area contributed by atoms with Gasteiger partial charge in [-0.3, -0.25) is 14.2 Å². The lowest BCUT2D eigenvalue weighted by atomic mass is 9.93. The second-order valence-electron chi connectivity index (χ2n) is 18.5. The highest BCUT2D eigenvalue weighted by atomic mass is 35.5. The van der Waals surface area contributed by atoms with Crippen LogP contribution in [0.4, 0.5) is 54.5 Å². The lowest BCUT2D eigenvalue weighted by Crippen LogP contribution is -2.48. The SMILES string of the molecule is CC(C)(C#Cc1ccc(-c2ccc(Cl)c3c(N(C(=O)N4CCCC4CS)S(C)(=O)=O)nn(CC(F)(F)F)c23)c([C@H](Cc2cc(F)cc(F)c2)NC(=O)Cn2nc(C(F)(F)F)c3c2C(F)(F)[C@@H]2C[C@H]32)n1)S(C)(=O)=O. The van der Waals surface area contributed by atoms with Gasteiger partial charge in [-0.2, -0.15) is 62.3 Å². The van der Waals surface area contributed by atoms with Gasteiger partial charge in [0, 0.05) is 53.3 Å². The molecule has 4 atom stereocenters. The van der Waals surface area contributed by atoms with Crippen LogP contribution in [0.25, 0.3) is 22.0 Å². The lowest BCUT2D eigenvalue weighted by Gasteiger charge is -2.29. The van der Waals surface area contributed by atoms with Crippen molar-refractivity contribution in [2.75, 3.05) is 29.1 Å². The third kappa shape index (κ3) is 10.4. The van der Waals surface area contributed by atoms with Crippen LogP contribution in [-0.2, 0) is 56.3 Å². The van der Waals surface area contributed by atoms with Crippen molar-refractivity contribution in [3.8, 4) is 23.0 Å². The number of hydrogen-bond donors (Lipinski definition) is 2. The molecule has 3 aliphatic rings. The molecule has 0 radical (unpaired) electrons. The minimum atomic E-state index is -5.22. The van der Waals surface area contributed by atoms with Gasteiger partial charge in [0.05, 0.1) is 33.9 Å². The van der Waals surface area contributed by atoms with Gasteiger partial charge in [0.25, 0.3) is 5.92 Å². The molecule has 3 aromatic heterocycles. The Kier molecular flexibility index (Phi) is 13.7. The molecule has 4 heterocycles. The van der Waals surface area contributed by atoms with Gasteiger partial charge >= 0.3 is 18.4 Å². The first kappa shape index (κ1) is 53.7. The third-order valence-corrected chi connectivity index (χ3v) is 16.5. The Balaban J connectivity index is 1.36. The minimum absolute atomic E-state index is 0.0417. The normalized spacial score (nSPS) is 19.1. The number of carbonyl (C=O) groups is 2. The zero-order valence-electron chi connectivity index (χ0n) is 38.5. The molecule has 1 unspecified atom stereocenters. The number of nitrogens with one attached hydrogen (secondary N) is 1. The highest BCUT2D eigenvalue weighted by Gasteiger charge is 2.68. The molecule has 3 amide bonds. The Morgan fingerprint density at radius 1 is 0.973 bits per heavy atom. The van der Waals surface area contributed by atoms with E-state index in [1.807, 2.05) is 0 Å². The van der Waals surface area contributed by atoms with Crippen LogP contribution in [0.5, 0.6) is 0 Å². The zero-order chi connectivity index (χ0) is 53.7. The maximum absolute atomic E-state index is 15.6. The van der Waals surface area contributed by atoms with E-state index in [-0.39, 0.29) is 50.1 Å². The molecule has 8 rings (SSSR count). The smallest absolute Gasteiger partial charge is 0.346 e. The van der Waals surface area contributed by atoms with Crippen molar-refractivity contribution in [1.82, 2.24) is 34.8 Å². The number of rotatable bonds is 12. The number of alkyl halides is 8. The first-order valence-electron chi connectivity index (χ1n) is 21.9. The first-order valence-corrected chi connectivity index (χ1v) is 26.7. The summed E-state index contributed by atoms with van der Waals surface area (Å²) in [6.45, 7) is -0.688. The molecular formula is C45H41ClF10N8O6S3. The van der Waals surface area contributed by atoms with Crippen molar-refractivity contribution in [2.24, 2.45) is 5.92 Å². The molecule has 2 fully saturated rings. The Labute approximate surface area is 420 Å². The maximum Gasteiger partial charge on any atom is 0.435 e. The van der Waals surface area contributed by atoms with E-state index in [2.05, 4.69) is 45.0 Å². The molecule has 1 N–H and O–H groups in total. The molecule has 5 aromatic rings. The number of pyridine rings is 1. The maximum atomic E-state index is 15.6. The van der Waals surface area contributed by atoms with Crippen molar-refractivity contribution in [2.45, 2.75) is 93.6 Å². The van der Waals surface area contributed by atoms with Crippen LogP contribution >= 0.6 is 24.2 Å². The van der Waals surface area contributed by atoms with Gasteiger partial charge in [-0.15, -0.1) is 0 Å². The van der Waals surface area contributed by atoms with Crippen molar-refractivity contribution >= 4 is 72.7 Å². The van der Waals surface area contributed by atoms with E-state index in [9.17, 15) is 61.5 Å². The summed E-state index contributed by atoms with van der Waals surface area (Å²) < 4.78 is 199. The van der Waals surface area contributed by atoms with E-state index < -0.39 is 154 Å². The van der Waals surface area contributed by atoms with Crippen LogP contribution in [0.2, 0.25) is 5.02 Å². The summed E-state index contributed by atoms with van der Waals surface area (Å²) in [4.78, 5) is 34.2. The number of likely N-dealkylation sites (tertiary alicyclic amines) is 1. The molecule has 1 aliphatic heterocycles. The molecule has 1 saturated heterocycles. The van der Waals surface area contributed by atoms with Crippen LogP contribution in [0, 0.1) is 29.4 Å². The molecule has 28 heteroatoms. The number of urea groups is 1. The first-order chi connectivity index (χ1) is 33.7. The summed E-state index contributed by atoms with van der Waals surface area (Å²) >= 11 is 11.0. The van der Waals surface area contributed by atoms with Gasteiger partial charge in [-0.25, -0.2) is 35.4 Å². The van der Waals surface area contributed by atoms with Gasteiger partial charge in [0.2, 0.25) is 15.9 Å². The Bertz CT molecular complexity index is 3370. The highest BCUT2D eigenvalue weighted by molar-refractivity contribution is 7.93. The molecular weight excluding hydrogens is 1070 g/mol. The monoisotopic (exact) mass is 1110 g/mol. The van der Waals surface area contributed by atoms with Crippen molar-refractivity contribution in [3.63, 3.8) is 0 Å². The number of hydrogen-bond acceptors (Lipinski definition) is 10. The van der Waals surface area contributed by atoms with Gasteiger partial charge < -0.3 is 10.2 Å².